The summed E-state index contributed by atoms with van der Waals surface area (Å²) in [5, 5.41) is 0. The fourth-order valence-corrected chi connectivity index (χ4v) is 5.70. The van der Waals surface area contributed by atoms with Crippen LogP contribution in [0.4, 0.5) is 0 Å². The van der Waals surface area contributed by atoms with Gasteiger partial charge in [0.1, 0.15) is 0 Å². The highest BCUT2D eigenvalue weighted by molar-refractivity contribution is 5.78. The van der Waals surface area contributed by atoms with Gasteiger partial charge in [0.05, 0.1) is 19.1 Å². The molecule has 0 aromatic rings. The zero-order valence-electron chi connectivity index (χ0n) is 17.4. The zero-order valence-corrected chi connectivity index (χ0v) is 17.4. The summed E-state index contributed by atoms with van der Waals surface area (Å²) in [6.07, 6.45) is 9.54. The highest BCUT2D eigenvalue weighted by atomic mass is 16.5. The van der Waals surface area contributed by atoms with Crippen LogP contribution in [0.2, 0.25) is 0 Å². The van der Waals surface area contributed by atoms with Crippen molar-refractivity contribution in [1.82, 2.24) is 14.7 Å². The Morgan fingerprint density at radius 2 is 1.54 bits per heavy atom. The maximum atomic E-state index is 12.9. The predicted molar refractivity (Wildman–Crippen MR) is 106 cm³/mol. The molecule has 0 unspecified atom stereocenters. The molecule has 0 radical (unpaired) electrons. The molecule has 6 heteroatoms. The molecule has 2 heterocycles. The smallest absolute Gasteiger partial charge is 0.225 e. The van der Waals surface area contributed by atoms with Gasteiger partial charge in [0.15, 0.2) is 0 Å². The van der Waals surface area contributed by atoms with E-state index in [4.69, 9.17) is 4.74 Å². The first kappa shape index (κ1) is 18.9. The van der Waals surface area contributed by atoms with Crippen LogP contribution in [0.1, 0.15) is 57.8 Å². The van der Waals surface area contributed by atoms with Crippen molar-refractivity contribution in [2.24, 2.45) is 11.8 Å². The molecule has 28 heavy (non-hydrogen) atoms. The summed E-state index contributed by atoms with van der Waals surface area (Å²) in [6.45, 7) is 1.74. The summed E-state index contributed by atoms with van der Waals surface area (Å²) in [6, 6.07) is 1.99. The number of hydrogen-bond donors (Lipinski definition) is 0. The molecule has 2 saturated heterocycles. The van der Waals surface area contributed by atoms with Crippen LogP contribution in [0.15, 0.2) is 0 Å². The van der Waals surface area contributed by atoms with E-state index in [1.165, 1.54) is 19.3 Å². The first-order valence-corrected chi connectivity index (χ1v) is 11.4. The van der Waals surface area contributed by atoms with Crippen molar-refractivity contribution in [3.8, 4) is 0 Å². The number of carbonyl (C=O) groups excluding carboxylic acids is 2. The van der Waals surface area contributed by atoms with Crippen molar-refractivity contribution < 1.29 is 14.3 Å². The number of fused-ring (bicyclic) bond motifs is 1. The second-order valence-corrected chi connectivity index (χ2v) is 9.94. The van der Waals surface area contributed by atoms with Gasteiger partial charge in [-0.15, -0.1) is 0 Å². The number of amides is 2. The van der Waals surface area contributed by atoms with Crippen LogP contribution in [0.5, 0.6) is 0 Å². The van der Waals surface area contributed by atoms with Crippen molar-refractivity contribution in [3.05, 3.63) is 0 Å². The standard InChI is InChI=1S/C22H35N3O3/c1-23(15-6-7-15)20(26)10-14-12-25(17-4-3-5-17)18-13-28-19(22(14)18)11-21(27)24(2)16-8-9-16/h14-19,22H,3-13H2,1-2H3/t14-,18-,19+,22-/m1/s1. The number of rotatable bonds is 7. The van der Waals surface area contributed by atoms with Crippen LogP contribution in [0.25, 0.3) is 0 Å². The third-order valence-electron chi connectivity index (χ3n) is 8.10. The number of likely N-dealkylation sites (tertiary alicyclic amines) is 1. The summed E-state index contributed by atoms with van der Waals surface area (Å²) in [7, 11) is 3.90. The van der Waals surface area contributed by atoms with E-state index in [2.05, 4.69) is 4.90 Å². The Kier molecular flexibility index (Phi) is 4.90. The van der Waals surface area contributed by atoms with E-state index >= 15 is 0 Å². The fourth-order valence-electron chi connectivity index (χ4n) is 5.70. The maximum Gasteiger partial charge on any atom is 0.225 e. The maximum absolute atomic E-state index is 12.9. The van der Waals surface area contributed by atoms with Gasteiger partial charge >= 0.3 is 0 Å². The molecule has 0 spiro atoms. The van der Waals surface area contributed by atoms with Crippen LogP contribution < -0.4 is 0 Å². The fraction of sp³-hybridized carbons (Fsp3) is 0.909. The first-order valence-electron chi connectivity index (χ1n) is 11.4. The topological polar surface area (TPSA) is 53.1 Å². The van der Waals surface area contributed by atoms with Crippen LogP contribution >= 0.6 is 0 Å². The molecule has 0 N–H and O–H groups in total. The number of nitrogens with zero attached hydrogens (tertiary/aromatic N) is 3. The largest absolute Gasteiger partial charge is 0.376 e. The lowest BCUT2D eigenvalue weighted by atomic mass is 9.83. The van der Waals surface area contributed by atoms with Crippen molar-refractivity contribution in [2.75, 3.05) is 27.2 Å². The lowest BCUT2D eigenvalue weighted by Crippen LogP contribution is -2.45. The van der Waals surface area contributed by atoms with Gasteiger partial charge < -0.3 is 14.5 Å². The van der Waals surface area contributed by atoms with Gasteiger partial charge in [0.2, 0.25) is 11.8 Å². The molecule has 5 fully saturated rings. The van der Waals surface area contributed by atoms with Gasteiger partial charge in [-0.3, -0.25) is 14.5 Å². The second-order valence-electron chi connectivity index (χ2n) is 9.94. The Balaban J connectivity index is 1.28. The lowest BCUT2D eigenvalue weighted by Gasteiger charge is -2.38. The average molecular weight is 390 g/mol. The molecular weight excluding hydrogens is 354 g/mol. The van der Waals surface area contributed by atoms with Gasteiger partial charge in [0.25, 0.3) is 0 Å². The minimum Gasteiger partial charge on any atom is -0.376 e. The van der Waals surface area contributed by atoms with Crippen molar-refractivity contribution in [3.63, 3.8) is 0 Å². The number of ether oxygens (including phenoxy) is 1. The second kappa shape index (κ2) is 7.28. The Bertz CT molecular complexity index is 629. The minimum absolute atomic E-state index is 0.0205. The highest BCUT2D eigenvalue weighted by Crippen LogP contribution is 2.45. The zero-order chi connectivity index (χ0) is 19.4. The van der Waals surface area contributed by atoms with E-state index in [1.807, 2.05) is 23.9 Å². The highest BCUT2D eigenvalue weighted by Gasteiger charge is 2.53. The number of carbonyl (C=O) groups is 2. The van der Waals surface area contributed by atoms with Crippen LogP contribution in [-0.4, -0.2) is 84.0 Å². The van der Waals surface area contributed by atoms with Crippen LogP contribution in [0.3, 0.4) is 0 Å². The molecule has 0 aromatic heterocycles. The molecule has 5 rings (SSSR count). The Labute approximate surface area is 168 Å². The molecule has 156 valence electrons. The third kappa shape index (κ3) is 3.47. The van der Waals surface area contributed by atoms with Gasteiger partial charge in [-0.25, -0.2) is 0 Å². The molecule has 2 amide bonds. The summed E-state index contributed by atoms with van der Waals surface area (Å²) in [5.74, 6) is 1.16. The van der Waals surface area contributed by atoms with Gasteiger partial charge in [0, 0.05) is 57.1 Å². The molecule has 6 nitrogen and oxygen atoms in total. The van der Waals surface area contributed by atoms with Gasteiger partial charge in [-0.05, 0) is 44.4 Å². The lowest BCUT2D eigenvalue weighted by molar-refractivity contribution is -0.133. The van der Waals surface area contributed by atoms with Crippen LogP contribution in [-0.2, 0) is 14.3 Å². The summed E-state index contributed by atoms with van der Waals surface area (Å²) < 4.78 is 6.21. The SMILES string of the molecule is CN(C(=O)C[C@@H]1CN(C2CCC2)[C@@H]2CO[C@@H](CC(=O)N(C)C3CC3)[C@H]12)C1CC1. The van der Waals surface area contributed by atoms with E-state index in [0.717, 1.165) is 38.8 Å². The molecule has 3 saturated carbocycles. The molecule has 2 aliphatic heterocycles. The normalized spacial score (nSPS) is 35.5. The monoisotopic (exact) mass is 389 g/mol. The summed E-state index contributed by atoms with van der Waals surface area (Å²) in [4.78, 5) is 32.1. The van der Waals surface area contributed by atoms with E-state index in [0.29, 0.717) is 48.8 Å². The summed E-state index contributed by atoms with van der Waals surface area (Å²) in [5.41, 5.74) is 0. The Hall–Kier alpha value is -1.14. The molecule has 4 atom stereocenters. The first-order chi connectivity index (χ1) is 13.5. The average Bonchev–Trinajstić information content (AvgIpc) is 3.54. The summed E-state index contributed by atoms with van der Waals surface area (Å²) >= 11 is 0. The molecule has 0 aromatic carbocycles. The van der Waals surface area contributed by atoms with Crippen molar-refractivity contribution in [2.45, 2.75) is 88.1 Å². The van der Waals surface area contributed by atoms with E-state index < -0.39 is 0 Å². The van der Waals surface area contributed by atoms with E-state index in [-0.39, 0.29) is 17.9 Å². The van der Waals surface area contributed by atoms with E-state index in [9.17, 15) is 9.59 Å². The molecule has 0 bridgehead atoms. The van der Waals surface area contributed by atoms with Gasteiger partial charge in [-0.2, -0.15) is 0 Å². The molecule has 3 aliphatic carbocycles. The third-order valence-corrected chi connectivity index (χ3v) is 8.10. The predicted octanol–water partition coefficient (Wildman–Crippen LogP) is 1.88. The number of hydrogen-bond acceptors (Lipinski definition) is 4. The Morgan fingerprint density at radius 3 is 2.07 bits per heavy atom. The van der Waals surface area contributed by atoms with Crippen LogP contribution in [0, 0.1) is 11.8 Å². The van der Waals surface area contributed by atoms with Crippen molar-refractivity contribution in [1.29, 1.82) is 0 Å². The Morgan fingerprint density at radius 1 is 0.929 bits per heavy atom. The molecular formula is C22H35N3O3. The van der Waals surface area contributed by atoms with Crippen molar-refractivity contribution >= 4 is 11.8 Å². The van der Waals surface area contributed by atoms with Gasteiger partial charge in [-0.1, -0.05) is 6.42 Å². The quantitative estimate of drug-likeness (QED) is 0.667. The minimum atomic E-state index is -0.0205. The van der Waals surface area contributed by atoms with E-state index in [1.54, 1.807) is 0 Å². The molecule has 5 aliphatic rings.